The highest BCUT2D eigenvalue weighted by Gasteiger charge is 2.18. The molecule has 0 aliphatic rings. The van der Waals surface area contributed by atoms with E-state index in [1.54, 1.807) is 7.11 Å². The van der Waals surface area contributed by atoms with Gasteiger partial charge in [-0.25, -0.2) is 4.79 Å². The van der Waals surface area contributed by atoms with Crippen LogP contribution >= 0.6 is 0 Å². The Hall–Kier alpha value is -1.95. The van der Waals surface area contributed by atoms with Gasteiger partial charge in [-0.05, 0) is 52.4 Å². The van der Waals surface area contributed by atoms with Gasteiger partial charge >= 0.3 is 6.09 Å². The number of nitrogens with two attached hydrogens (primary N) is 1. The fraction of sp³-hybridized carbons (Fsp3) is 0.588. The van der Waals surface area contributed by atoms with Crippen molar-refractivity contribution in [1.29, 1.82) is 0 Å². The molecule has 0 bridgehead atoms. The molecule has 0 aliphatic heterocycles. The number of hydrogen-bond donors (Lipinski definition) is 2. The van der Waals surface area contributed by atoms with E-state index in [-0.39, 0.29) is 6.04 Å². The first-order valence-corrected chi connectivity index (χ1v) is 7.71. The molecule has 1 aromatic carbocycles. The first-order chi connectivity index (χ1) is 10.6. The minimum absolute atomic E-state index is 0.0227. The number of methoxy groups -OCH3 is 1. The summed E-state index contributed by atoms with van der Waals surface area (Å²) in [6.07, 6.45) is -0.396. The van der Waals surface area contributed by atoms with Gasteiger partial charge in [0.05, 0.1) is 12.8 Å². The average Bonchev–Trinajstić information content (AvgIpc) is 2.35. The molecule has 1 rings (SSSR count). The summed E-state index contributed by atoms with van der Waals surface area (Å²) in [5.74, 6) is 0.677. The van der Waals surface area contributed by atoms with Crippen molar-refractivity contribution in [1.82, 2.24) is 10.2 Å². The van der Waals surface area contributed by atoms with E-state index in [0.29, 0.717) is 18.0 Å². The fourth-order valence-corrected chi connectivity index (χ4v) is 2.28. The average molecular weight is 323 g/mol. The zero-order valence-electron chi connectivity index (χ0n) is 15.0. The quantitative estimate of drug-likeness (QED) is 0.787. The second-order valence-corrected chi connectivity index (χ2v) is 6.82. The molecule has 130 valence electrons. The highest BCUT2D eigenvalue weighted by Crippen LogP contribution is 2.22. The van der Waals surface area contributed by atoms with Crippen LogP contribution in [0.25, 0.3) is 0 Å². The molecule has 0 aromatic heterocycles. The number of nitrogens with one attached hydrogen (secondary N) is 1. The number of carbonyl (C=O) groups is 1. The summed E-state index contributed by atoms with van der Waals surface area (Å²) in [7, 11) is 3.59. The fourth-order valence-electron chi connectivity index (χ4n) is 2.28. The first kappa shape index (κ1) is 19.1. The number of nitrogens with zero attached hydrogens (tertiary/aromatic N) is 1. The van der Waals surface area contributed by atoms with Gasteiger partial charge in [0, 0.05) is 19.1 Å². The largest absolute Gasteiger partial charge is 0.495 e. The Balaban J connectivity index is 2.48. The number of anilines is 1. The van der Waals surface area contributed by atoms with Crippen molar-refractivity contribution in [3.63, 3.8) is 0 Å². The molecule has 0 unspecified atom stereocenters. The number of carbonyl (C=O) groups excluding carboxylic acids is 1. The molecule has 0 fully saturated rings. The molecule has 1 amide bonds. The third-order valence-electron chi connectivity index (χ3n) is 3.10. The molecule has 0 aliphatic carbocycles. The Bertz CT molecular complexity index is 526. The molecule has 0 radical (unpaired) electrons. The Kier molecular flexibility index (Phi) is 6.69. The van der Waals surface area contributed by atoms with E-state index in [0.717, 1.165) is 12.1 Å². The molecule has 6 heteroatoms. The maximum atomic E-state index is 11.7. The number of nitrogen functional groups attached to an aromatic ring is 1. The number of hydrogen-bond acceptors (Lipinski definition) is 5. The Morgan fingerprint density at radius 3 is 2.57 bits per heavy atom. The Morgan fingerprint density at radius 1 is 1.39 bits per heavy atom. The lowest BCUT2D eigenvalue weighted by atomic mass is 10.1. The number of alkyl carbamates (subject to hydrolysis) is 1. The summed E-state index contributed by atoms with van der Waals surface area (Å²) >= 11 is 0. The lowest BCUT2D eigenvalue weighted by Crippen LogP contribution is -2.42. The normalized spacial score (nSPS) is 12.8. The number of rotatable bonds is 6. The maximum absolute atomic E-state index is 11.7. The van der Waals surface area contributed by atoms with Gasteiger partial charge in [0.25, 0.3) is 0 Å². The van der Waals surface area contributed by atoms with Gasteiger partial charge in [-0.1, -0.05) is 6.07 Å². The summed E-state index contributed by atoms with van der Waals surface area (Å²) < 4.78 is 10.4. The summed E-state index contributed by atoms with van der Waals surface area (Å²) in [4.78, 5) is 13.9. The third kappa shape index (κ3) is 7.23. The lowest BCUT2D eigenvalue weighted by Gasteiger charge is -2.25. The first-order valence-electron chi connectivity index (χ1n) is 7.71. The van der Waals surface area contributed by atoms with Crippen LogP contribution in [0.4, 0.5) is 10.5 Å². The van der Waals surface area contributed by atoms with Crippen LogP contribution in [0, 0.1) is 0 Å². The van der Waals surface area contributed by atoms with E-state index in [9.17, 15) is 4.79 Å². The van der Waals surface area contributed by atoms with E-state index in [1.807, 2.05) is 52.9 Å². The topological polar surface area (TPSA) is 76.8 Å². The van der Waals surface area contributed by atoms with Crippen LogP contribution in [0.2, 0.25) is 0 Å². The van der Waals surface area contributed by atoms with Gasteiger partial charge in [0.15, 0.2) is 0 Å². The van der Waals surface area contributed by atoms with Gasteiger partial charge in [-0.3, -0.25) is 0 Å². The molecule has 6 nitrogen and oxygen atoms in total. The van der Waals surface area contributed by atoms with Crippen molar-refractivity contribution in [2.24, 2.45) is 0 Å². The Labute approximate surface area is 138 Å². The molecule has 23 heavy (non-hydrogen) atoms. The number of likely N-dealkylation sites (N-methyl/N-ethyl adjacent to an activating group) is 1. The number of amides is 1. The second kappa shape index (κ2) is 8.06. The summed E-state index contributed by atoms with van der Waals surface area (Å²) in [5.41, 5.74) is 7.14. The van der Waals surface area contributed by atoms with Crippen molar-refractivity contribution < 1.29 is 14.3 Å². The van der Waals surface area contributed by atoms with E-state index in [2.05, 4.69) is 10.2 Å². The van der Waals surface area contributed by atoms with Crippen LogP contribution in [0.15, 0.2) is 18.2 Å². The minimum atomic E-state index is -0.490. The predicted octanol–water partition coefficient (Wildman–Crippen LogP) is 2.62. The van der Waals surface area contributed by atoms with Crippen LogP contribution < -0.4 is 15.8 Å². The van der Waals surface area contributed by atoms with E-state index >= 15 is 0 Å². The number of benzene rings is 1. The Morgan fingerprint density at radius 2 is 2.04 bits per heavy atom. The SMILES string of the molecule is COc1ccc(CN(C)C[C@@H](C)NC(=O)OC(C)(C)C)cc1N. The highest BCUT2D eigenvalue weighted by atomic mass is 16.6. The van der Waals surface area contributed by atoms with Gasteiger partial charge in [-0.2, -0.15) is 0 Å². The van der Waals surface area contributed by atoms with E-state index < -0.39 is 11.7 Å². The molecular formula is C17H29N3O3. The molecule has 0 saturated carbocycles. The standard InChI is InChI=1S/C17H29N3O3/c1-12(19-16(21)23-17(2,3)4)10-20(5)11-13-7-8-15(22-6)14(18)9-13/h7-9,12H,10-11,18H2,1-6H3,(H,19,21)/t12-/m1/s1. The summed E-state index contributed by atoms with van der Waals surface area (Å²) in [6, 6.07) is 5.73. The van der Waals surface area contributed by atoms with Gasteiger partial charge < -0.3 is 25.4 Å². The summed E-state index contributed by atoms with van der Waals surface area (Å²) in [6.45, 7) is 8.91. The van der Waals surface area contributed by atoms with E-state index in [1.165, 1.54) is 0 Å². The highest BCUT2D eigenvalue weighted by molar-refractivity contribution is 5.68. The molecule has 0 heterocycles. The molecule has 0 saturated heterocycles. The van der Waals surface area contributed by atoms with Crippen LogP contribution in [0.5, 0.6) is 5.75 Å². The zero-order valence-corrected chi connectivity index (χ0v) is 15.0. The van der Waals surface area contributed by atoms with Crippen molar-refractivity contribution in [2.75, 3.05) is 26.4 Å². The maximum Gasteiger partial charge on any atom is 0.407 e. The lowest BCUT2D eigenvalue weighted by molar-refractivity contribution is 0.0499. The smallest absolute Gasteiger partial charge is 0.407 e. The molecular weight excluding hydrogens is 294 g/mol. The van der Waals surface area contributed by atoms with Crippen molar-refractivity contribution in [3.8, 4) is 5.75 Å². The third-order valence-corrected chi connectivity index (χ3v) is 3.10. The van der Waals surface area contributed by atoms with Gasteiger partial charge in [0.2, 0.25) is 0 Å². The molecule has 1 atom stereocenters. The van der Waals surface area contributed by atoms with Crippen molar-refractivity contribution in [2.45, 2.75) is 45.9 Å². The van der Waals surface area contributed by atoms with Crippen molar-refractivity contribution in [3.05, 3.63) is 23.8 Å². The van der Waals surface area contributed by atoms with Crippen LogP contribution in [-0.2, 0) is 11.3 Å². The van der Waals surface area contributed by atoms with Crippen LogP contribution in [-0.4, -0.2) is 43.3 Å². The molecule has 1 aromatic rings. The van der Waals surface area contributed by atoms with E-state index in [4.69, 9.17) is 15.2 Å². The van der Waals surface area contributed by atoms with Gasteiger partial charge in [-0.15, -0.1) is 0 Å². The van der Waals surface area contributed by atoms with Gasteiger partial charge in [0.1, 0.15) is 11.4 Å². The number of ether oxygens (including phenoxy) is 2. The zero-order chi connectivity index (χ0) is 17.6. The predicted molar refractivity (Wildman–Crippen MR) is 92.6 cm³/mol. The second-order valence-electron chi connectivity index (χ2n) is 6.82. The monoisotopic (exact) mass is 323 g/mol. The molecule has 3 N–H and O–H groups in total. The molecule has 0 spiro atoms. The van der Waals surface area contributed by atoms with Crippen molar-refractivity contribution >= 4 is 11.8 Å². The van der Waals surface area contributed by atoms with Crippen LogP contribution in [0.3, 0.4) is 0 Å². The minimum Gasteiger partial charge on any atom is -0.495 e. The summed E-state index contributed by atoms with van der Waals surface area (Å²) in [5, 5.41) is 2.84. The van der Waals surface area contributed by atoms with Crippen LogP contribution in [0.1, 0.15) is 33.3 Å².